The summed E-state index contributed by atoms with van der Waals surface area (Å²) in [4.78, 5) is 29.4. The monoisotopic (exact) mass is 498 g/mol. The fourth-order valence-corrected chi connectivity index (χ4v) is 3.69. The summed E-state index contributed by atoms with van der Waals surface area (Å²) in [7, 11) is 1.62. The van der Waals surface area contributed by atoms with Crippen LogP contribution in [0.5, 0.6) is 0 Å². The molecule has 192 valence electrons. The fraction of sp³-hybridized carbons (Fsp3) is 0.440. The Bertz CT molecular complexity index is 1180. The van der Waals surface area contributed by atoms with E-state index in [-0.39, 0.29) is 31.0 Å². The molecule has 1 aromatic carbocycles. The predicted molar refractivity (Wildman–Crippen MR) is 131 cm³/mol. The van der Waals surface area contributed by atoms with Crippen LogP contribution in [0.25, 0.3) is 22.6 Å². The van der Waals surface area contributed by atoms with Crippen LogP contribution in [0.1, 0.15) is 32.9 Å². The molecule has 3 N–H and O–H groups in total. The minimum absolute atomic E-state index is 0.0136. The Morgan fingerprint density at radius 2 is 1.94 bits per heavy atom. The van der Waals surface area contributed by atoms with Crippen LogP contribution < -0.4 is 10.6 Å². The van der Waals surface area contributed by atoms with Crippen LogP contribution in [-0.4, -0.2) is 65.4 Å². The van der Waals surface area contributed by atoms with Crippen molar-refractivity contribution in [3.05, 3.63) is 48.2 Å². The van der Waals surface area contributed by atoms with Gasteiger partial charge in [0.25, 0.3) is 0 Å². The molecule has 0 atom stereocenters. The van der Waals surface area contributed by atoms with Gasteiger partial charge in [0.2, 0.25) is 18.1 Å². The third-order valence-electron chi connectivity index (χ3n) is 5.64. The Morgan fingerprint density at radius 3 is 2.61 bits per heavy atom. The molecule has 36 heavy (non-hydrogen) atoms. The highest BCUT2D eigenvalue weighted by Gasteiger charge is 2.41. The second-order valence-electron chi connectivity index (χ2n) is 9.18. The lowest BCUT2D eigenvalue weighted by molar-refractivity contribution is -0.231. The second kappa shape index (κ2) is 11.1. The number of methoxy groups -OCH3 is 1. The maximum Gasteiger partial charge on any atom is 0.230 e. The average molecular weight is 499 g/mol. The molecule has 0 spiro atoms. The van der Waals surface area contributed by atoms with Gasteiger partial charge in [-0.1, -0.05) is 0 Å². The van der Waals surface area contributed by atoms with E-state index in [1.807, 2.05) is 13.8 Å². The number of rotatable bonds is 9. The van der Waals surface area contributed by atoms with E-state index in [0.717, 1.165) is 0 Å². The molecule has 0 radical (unpaired) electrons. The summed E-state index contributed by atoms with van der Waals surface area (Å²) in [5.74, 6) is 0.379. The number of halogens is 1. The molecule has 11 heteroatoms. The number of aromatic nitrogens is 4. The number of aromatic amines is 1. The van der Waals surface area contributed by atoms with Crippen LogP contribution in [0.2, 0.25) is 0 Å². The Morgan fingerprint density at radius 1 is 1.22 bits per heavy atom. The van der Waals surface area contributed by atoms with Crippen LogP contribution in [0.3, 0.4) is 0 Å². The summed E-state index contributed by atoms with van der Waals surface area (Å²) in [6, 6.07) is 7.80. The molecule has 1 saturated heterocycles. The van der Waals surface area contributed by atoms with Crippen LogP contribution in [-0.2, 0) is 19.0 Å². The summed E-state index contributed by atoms with van der Waals surface area (Å²) in [6.45, 7) is 7.00. The van der Waals surface area contributed by atoms with Crippen molar-refractivity contribution in [2.24, 2.45) is 5.41 Å². The molecule has 0 unspecified atom stereocenters. The van der Waals surface area contributed by atoms with Gasteiger partial charge in [-0.15, -0.1) is 0 Å². The van der Waals surface area contributed by atoms with Gasteiger partial charge < -0.3 is 29.8 Å². The molecular weight excluding hydrogens is 467 g/mol. The van der Waals surface area contributed by atoms with Gasteiger partial charge in [-0.05, 0) is 51.1 Å². The first-order chi connectivity index (χ1) is 17.3. The number of ether oxygens (including phenoxy) is 3. The van der Waals surface area contributed by atoms with E-state index in [1.165, 1.54) is 12.1 Å². The van der Waals surface area contributed by atoms with Gasteiger partial charge in [0.1, 0.15) is 5.82 Å². The SMILES string of the molecule is COCCNc1nccc(-c2[nH]c(C3OCC(C)(C(=O)NC(C)C)CO3)nc2-c2ccc(F)cc2)n1. The molecule has 0 aliphatic carbocycles. The minimum Gasteiger partial charge on any atom is -0.383 e. The molecule has 10 nitrogen and oxygen atoms in total. The number of H-pyrrole nitrogens is 1. The lowest BCUT2D eigenvalue weighted by Crippen LogP contribution is -2.50. The standard InChI is InChI=1S/C25H31FN6O4/c1-15(2)29-23(33)25(3)13-35-22(36-14-25)21-31-19(16-5-7-17(26)8-6-16)20(32-21)18-9-10-27-24(30-18)28-11-12-34-4/h5-10,15,22H,11-14H2,1-4H3,(H,29,33)(H,31,32)(H,27,28,30). The van der Waals surface area contributed by atoms with Gasteiger partial charge in [0.05, 0.1) is 42.3 Å². The molecule has 1 aliphatic heterocycles. The van der Waals surface area contributed by atoms with Crippen LogP contribution in [0.15, 0.2) is 36.5 Å². The van der Waals surface area contributed by atoms with Crippen molar-refractivity contribution in [1.29, 1.82) is 0 Å². The van der Waals surface area contributed by atoms with E-state index in [4.69, 9.17) is 19.2 Å². The average Bonchev–Trinajstić information content (AvgIpc) is 3.30. The first-order valence-corrected chi connectivity index (χ1v) is 11.8. The molecule has 0 bridgehead atoms. The van der Waals surface area contributed by atoms with Crippen LogP contribution in [0, 0.1) is 11.2 Å². The van der Waals surface area contributed by atoms with E-state index in [1.54, 1.807) is 38.4 Å². The van der Waals surface area contributed by atoms with E-state index in [9.17, 15) is 9.18 Å². The van der Waals surface area contributed by atoms with Crippen molar-refractivity contribution in [2.45, 2.75) is 33.1 Å². The number of anilines is 1. The molecule has 4 rings (SSSR count). The molecule has 3 heterocycles. The van der Waals surface area contributed by atoms with Gasteiger partial charge in [-0.2, -0.15) is 0 Å². The number of imidazole rings is 1. The van der Waals surface area contributed by atoms with E-state index < -0.39 is 11.7 Å². The minimum atomic E-state index is -0.814. The first kappa shape index (κ1) is 25.7. The van der Waals surface area contributed by atoms with Crippen LogP contribution in [0.4, 0.5) is 10.3 Å². The number of nitrogens with zero attached hydrogens (tertiary/aromatic N) is 3. The summed E-state index contributed by atoms with van der Waals surface area (Å²) in [5.41, 5.74) is 1.63. The quantitative estimate of drug-likeness (QED) is 0.384. The summed E-state index contributed by atoms with van der Waals surface area (Å²) in [5, 5.41) is 6.02. The number of hydrogen-bond acceptors (Lipinski definition) is 8. The van der Waals surface area contributed by atoms with Crippen LogP contribution >= 0.6 is 0 Å². The molecule has 1 fully saturated rings. The van der Waals surface area contributed by atoms with Gasteiger partial charge in [-0.3, -0.25) is 4.79 Å². The van der Waals surface area contributed by atoms with E-state index >= 15 is 0 Å². The zero-order chi connectivity index (χ0) is 25.7. The Balaban J connectivity index is 1.62. The summed E-state index contributed by atoms with van der Waals surface area (Å²) in [6.07, 6.45) is 0.831. The highest BCUT2D eigenvalue weighted by Crippen LogP contribution is 2.35. The van der Waals surface area contributed by atoms with Crippen molar-refractivity contribution < 1.29 is 23.4 Å². The highest BCUT2D eigenvalue weighted by atomic mass is 19.1. The van der Waals surface area contributed by atoms with Gasteiger partial charge in [-0.25, -0.2) is 19.3 Å². The van der Waals surface area contributed by atoms with Crippen molar-refractivity contribution in [1.82, 2.24) is 25.3 Å². The van der Waals surface area contributed by atoms with E-state index in [2.05, 4.69) is 25.6 Å². The molecule has 0 saturated carbocycles. The predicted octanol–water partition coefficient (Wildman–Crippen LogP) is 3.31. The number of carbonyl (C=O) groups is 1. The number of benzene rings is 1. The second-order valence-corrected chi connectivity index (χ2v) is 9.18. The number of nitrogens with one attached hydrogen (secondary N) is 3. The molecule has 1 aliphatic rings. The summed E-state index contributed by atoms with van der Waals surface area (Å²) >= 11 is 0. The van der Waals surface area contributed by atoms with Gasteiger partial charge in [0, 0.05) is 31.5 Å². The lowest BCUT2D eigenvalue weighted by atomic mass is 9.90. The Kier molecular flexibility index (Phi) is 7.92. The maximum absolute atomic E-state index is 13.6. The number of hydrogen-bond donors (Lipinski definition) is 3. The third kappa shape index (κ3) is 5.86. The van der Waals surface area contributed by atoms with Gasteiger partial charge >= 0.3 is 0 Å². The Labute approximate surface area is 209 Å². The van der Waals surface area contributed by atoms with Crippen molar-refractivity contribution in [3.63, 3.8) is 0 Å². The zero-order valence-electron chi connectivity index (χ0n) is 20.8. The van der Waals surface area contributed by atoms with Crippen molar-refractivity contribution in [3.8, 4) is 22.6 Å². The Hall–Kier alpha value is -3.41. The normalized spacial score (nSPS) is 19.9. The number of amides is 1. The maximum atomic E-state index is 13.6. The highest BCUT2D eigenvalue weighted by molar-refractivity contribution is 5.83. The first-order valence-electron chi connectivity index (χ1n) is 11.8. The fourth-order valence-electron chi connectivity index (χ4n) is 3.69. The largest absolute Gasteiger partial charge is 0.383 e. The topological polar surface area (TPSA) is 123 Å². The summed E-state index contributed by atoms with van der Waals surface area (Å²) < 4.78 is 30.5. The zero-order valence-corrected chi connectivity index (χ0v) is 20.8. The van der Waals surface area contributed by atoms with Crippen molar-refractivity contribution in [2.75, 3.05) is 38.8 Å². The molecule has 2 aromatic heterocycles. The lowest BCUT2D eigenvalue weighted by Gasteiger charge is -2.35. The van der Waals surface area contributed by atoms with E-state index in [0.29, 0.717) is 47.6 Å². The third-order valence-corrected chi connectivity index (χ3v) is 5.64. The molecular formula is C25H31FN6O4. The smallest absolute Gasteiger partial charge is 0.230 e. The molecule has 3 aromatic rings. The van der Waals surface area contributed by atoms with Crippen molar-refractivity contribution >= 4 is 11.9 Å². The van der Waals surface area contributed by atoms with Gasteiger partial charge in [0.15, 0.2) is 5.82 Å². The number of carbonyl (C=O) groups excluding carboxylic acids is 1. The molecule has 1 amide bonds.